The van der Waals surface area contributed by atoms with Crippen molar-refractivity contribution in [3.05, 3.63) is 77.6 Å². The van der Waals surface area contributed by atoms with Crippen molar-refractivity contribution in [2.45, 2.75) is 25.3 Å². The number of nitrogens with one attached hydrogen (secondary N) is 3. The lowest BCUT2D eigenvalue weighted by molar-refractivity contribution is 0.601. The van der Waals surface area contributed by atoms with Gasteiger partial charge in [-0.2, -0.15) is 0 Å². The Labute approximate surface area is 175 Å². The molecular formula is C20H21N5O2S2. The van der Waals surface area contributed by atoms with E-state index in [1.807, 2.05) is 30.3 Å². The van der Waals surface area contributed by atoms with Gasteiger partial charge < -0.3 is 10.6 Å². The van der Waals surface area contributed by atoms with Crippen LogP contribution in [0.3, 0.4) is 0 Å². The quantitative estimate of drug-likeness (QED) is 0.519. The van der Waals surface area contributed by atoms with Crippen LogP contribution in [0.25, 0.3) is 0 Å². The lowest BCUT2D eigenvalue weighted by Gasteiger charge is -2.12. The Kier molecular flexibility index (Phi) is 6.40. The molecule has 0 atom stereocenters. The highest BCUT2D eigenvalue weighted by Gasteiger charge is 2.16. The molecule has 3 N–H and O–H groups in total. The second-order valence-electron chi connectivity index (χ2n) is 6.40. The Morgan fingerprint density at radius 1 is 0.966 bits per heavy atom. The van der Waals surface area contributed by atoms with Crippen LogP contribution in [0, 0.1) is 13.8 Å². The largest absolute Gasteiger partial charge is 0.358 e. The van der Waals surface area contributed by atoms with E-state index in [0.717, 1.165) is 5.56 Å². The Balaban J connectivity index is 1.62. The molecule has 9 heteroatoms. The second kappa shape index (κ2) is 8.97. The third kappa shape index (κ3) is 5.97. The van der Waals surface area contributed by atoms with Gasteiger partial charge in [0.2, 0.25) is 5.95 Å². The summed E-state index contributed by atoms with van der Waals surface area (Å²) < 4.78 is 27.5. The summed E-state index contributed by atoms with van der Waals surface area (Å²) in [6.07, 6.45) is 0. The molecule has 1 heterocycles. The Bertz CT molecular complexity index is 1080. The summed E-state index contributed by atoms with van der Waals surface area (Å²) in [5, 5.41) is 6.59. The van der Waals surface area contributed by atoms with Crippen LogP contribution in [0.15, 0.2) is 65.6 Å². The molecule has 150 valence electrons. The molecule has 0 aliphatic heterocycles. The van der Waals surface area contributed by atoms with Gasteiger partial charge in [-0.3, -0.25) is 0 Å². The van der Waals surface area contributed by atoms with E-state index in [4.69, 9.17) is 12.2 Å². The highest BCUT2D eigenvalue weighted by Crippen LogP contribution is 2.17. The molecule has 7 nitrogen and oxygen atoms in total. The molecule has 0 unspecified atom stereocenters. The van der Waals surface area contributed by atoms with Crippen molar-refractivity contribution in [1.29, 1.82) is 0 Å². The van der Waals surface area contributed by atoms with E-state index >= 15 is 0 Å². The maximum absolute atomic E-state index is 12.6. The molecule has 0 fully saturated rings. The monoisotopic (exact) mass is 427 g/mol. The minimum absolute atomic E-state index is 0.0518. The fraction of sp³-hybridized carbons (Fsp3) is 0.150. The Morgan fingerprint density at radius 3 is 2.21 bits per heavy atom. The average Bonchev–Trinajstić information content (AvgIpc) is 2.66. The van der Waals surface area contributed by atoms with Crippen molar-refractivity contribution in [2.24, 2.45) is 0 Å². The number of hydrogen-bond acceptors (Lipinski definition) is 5. The standard InChI is InChI=1S/C20H21N5O2S2/c1-14-12-15(2)23-19(22-14)25-29(26,27)18-10-8-17(9-11-18)24-20(28)21-13-16-6-4-3-5-7-16/h3-12H,13H2,1-2H3,(H2,21,24,28)(H,22,23,25). The van der Waals surface area contributed by atoms with E-state index in [1.165, 1.54) is 12.1 Å². The van der Waals surface area contributed by atoms with Crippen LogP contribution >= 0.6 is 12.2 Å². The van der Waals surface area contributed by atoms with Gasteiger partial charge in [0, 0.05) is 23.6 Å². The molecule has 0 aliphatic rings. The predicted molar refractivity (Wildman–Crippen MR) is 118 cm³/mol. The van der Waals surface area contributed by atoms with Gasteiger partial charge >= 0.3 is 0 Å². The number of sulfonamides is 1. The fourth-order valence-corrected chi connectivity index (χ4v) is 3.76. The fourth-order valence-electron chi connectivity index (χ4n) is 2.62. The first-order valence-electron chi connectivity index (χ1n) is 8.86. The van der Waals surface area contributed by atoms with E-state index in [1.54, 1.807) is 32.0 Å². The first-order valence-corrected chi connectivity index (χ1v) is 10.7. The minimum Gasteiger partial charge on any atom is -0.358 e. The number of anilines is 2. The second-order valence-corrected chi connectivity index (χ2v) is 8.49. The molecule has 1 aromatic heterocycles. The van der Waals surface area contributed by atoms with Crippen LogP contribution in [0.2, 0.25) is 0 Å². The molecule has 29 heavy (non-hydrogen) atoms. The van der Waals surface area contributed by atoms with Crippen LogP contribution in [0.5, 0.6) is 0 Å². The van der Waals surface area contributed by atoms with E-state index in [2.05, 4.69) is 25.3 Å². The lowest BCUT2D eigenvalue weighted by Crippen LogP contribution is -2.27. The third-order valence-electron chi connectivity index (χ3n) is 3.93. The normalized spacial score (nSPS) is 11.0. The van der Waals surface area contributed by atoms with Gasteiger partial charge in [-0.15, -0.1) is 0 Å². The van der Waals surface area contributed by atoms with Gasteiger partial charge in [-0.25, -0.2) is 23.1 Å². The zero-order chi connectivity index (χ0) is 20.9. The summed E-state index contributed by atoms with van der Waals surface area (Å²) in [6, 6.07) is 17.9. The molecule has 0 saturated carbocycles. The van der Waals surface area contributed by atoms with Gasteiger partial charge in [0.25, 0.3) is 10.0 Å². The lowest BCUT2D eigenvalue weighted by atomic mass is 10.2. The van der Waals surface area contributed by atoms with E-state index in [-0.39, 0.29) is 10.8 Å². The number of aromatic nitrogens is 2. The number of rotatable bonds is 6. The number of benzene rings is 2. The molecule has 0 amide bonds. The van der Waals surface area contributed by atoms with Crippen LogP contribution in [-0.2, 0) is 16.6 Å². The highest BCUT2D eigenvalue weighted by molar-refractivity contribution is 7.92. The topological polar surface area (TPSA) is 96.0 Å². The maximum atomic E-state index is 12.6. The molecule has 0 radical (unpaired) electrons. The number of aryl methyl sites for hydroxylation is 2. The zero-order valence-electron chi connectivity index (χ0n) is 16.0. The van der Waals surface area contributed by atoms with Gasteiger partial charge in [0.1, 0.15) is 0 Å². The predicted octanol–water partition coefficient (Wildman–Crippen LogP) is 3.38. The van der Waals surface area contributed by atoms with Gasteiger partial charge in [-0.05, 0) is 62.0 Å². The van der Waals surface area contributed by atoms with Crippen molar-refractivity contribution in [1.82, 2.24) is 15.3 Å². The summed E-state index contributed by atoms with van der Waals surface area (Å²) >= 11 is 5.28. The molecule has 0 saturated heterocycles. The number of nitrogens with zero attached hydrogens (tertiary/aromatic N) is 2. The molecule has 3 rings (SSSR count). The summed E-state index contributed by atoms with van der Waals surface area (Å²) in [6.45, 7) is 4.16. The molecular weight excluding hydrogens is 406 g/mol. The van der Waals surface area contributed by atoms with Crippen molar-refractivity contribution < 1.29 is 8.42 Å². The number of hydrogen-bond donors (Lipinski definition) is 3. The van der Waals surface area contributed by atoms with Gasteiger partial charge in [0.05, 0.1) is 4.90 Å². The third-order valence-corrected chi connectivity index (χ3v) is 5.52. The molecule has 0 spiro atoms. The van der Waals surface area contributed by atoms with Crippen molar-refractivity contribution >= 4 is 39.0 Å². The summed E-state index contributed by atoms with van der Waals surface area (Å²) in [4.78, 5) is 8.32. The zero-order valence-corrected chi connectivity index (χ0v) is 17.6. The van der Waals surface area contributed by atoms with E-state index < -0.39 is 10.0 Å². The molecule has 0 bridgehead atoms. The average molecular weight is 428 g/mol. The first-order chi connectivity index (χ1) is 13.8. The smallest absolute Gasteiger partial charge is 0.264 e. The van der Waals surface area contributed by atoms with Crippen molar-refractivity contribution in [2.75, 3.05) is 10.0 Å². The Hall–Kier alpha value is -3.04. The van der Waals surface area contributed by atoms with Crippen LogP contribution in [-0.4, -0.2) is 23.5 Å². The summed E-state index contributed by atoms with van der Waals surface area (Å²) in [7, 11) is -3.79. The van der Waals surface area contributed by atoms with Crippen molar-refractivity contribution in [3.63, 3.8) is 0 Å². The van der Waals surface area contributed by atoms with Gasteiger partial charge in [-0.1, -0.05) is 30.3 Å². The Morgan fingerprint density at radius 2 is 1.59 bits per heavy atom. The minimum atomic E-state index is -3.79. The molecule has 0 aliphatic carbocycles. The van der Waals surface area contributed by atoms with E-state index in [0.29, 0.717) is 28.7 Å². The highest BCUT2D eigenvalue weighted by atomic mass is 32.2. The molecule has 3 aromatic rings. The molecule has 2 aromatic carbocycles. The van der Waals surface area contributed by atoms with E-state index in [9.17, 15) is 8.42 Å². The summed E-state index contributed by atoms with van der Waals surface area (Å²) in [5.74, 6) is 0.0518. The summed E-state index contributed by atoms with van der Waals surface area (Å²) in [5.41, 5.74) is 3.16. The van der Waals surface area contributed by atoms with Crippen LogP contribution < -0.4 is 15.4 Å². The van der Waals surface area contributed by atoms with Gasteiger partial charge in [0.15, 0.2) is 5.11 Å². The maximum Gasteiger partial charge on any atom is 0.264 e. The first kappa shape index (κ1) is 20.7. The van der Waals surface area contributed by atoms with Crippen LogP contribution in [0.4, 0.5) is 11.6 Å². The van der Waals surface area contributed by atoms with Crippen molar-refractivity contribution in [3.8, 4) is 0 Å². The number of thiocarbonyl (C=S) groups is 1. The SMILES string of the molecule is Cc1cc(C)nc(NS(=O)(=O)c2ccc(NC(=S)NCc3ccccc3)cc2)n1. The van der Waals surface area contributed by atoms with Crippen LogP contribution in [0.1, 0.15) is 17.0 Å².